The summed E-state index contributed by atoms with van der Waals surface area (Å²) in [6, 6.07) is 4.36. The number of methoxy groups -OCH3 is 1. The highest BCUT2D eigenvalue weighted by atomic mass is 32.2. The third-order valence-corrected chi connectivity index (χ3v) is 3.58. The van der Waals surface area contributed by atoms with Gasteiger partial charge in [-0.15, -0.1) is 5.10 Å². The van der Waals surface area contributed by atoms with Crippen LogP contribution < -0.4 is 10.5 Å². The first-order valence-corrected chi connectivity index (χ1v) is 7.53. The number of benzene rings is 1. The second-order valence-corrected chi connectivity index (χ2v) is 5.13. The molecule has 2 aromatic heterocycles. The molecule has 2 N–H and O–H groups in total. The number of nitrogen functional groups attached to an aromatic ring is 1. The molecule has 0 spiro atoms. The van der Waals surface area contributed by atoms with Crippen LogP contribution in [-0.4, -0.2) is 42.9 Å². The van der Waals surface area contributed by atoms with E-state index in [0.717, 1.165) is 0 Å². The highest BCUT2D eigenvalue weighted by Crippen LogP contribution is 2.31. The van der Waals surface area contributed by atoms with E-state index in [4.69, 9.17) is 10.5 Å². The lowest BCUT2D eigenvalue weighted by molar-refractivity contribution is -0.385. The third kappa shape index (κ3) is 2.61. The molecule has 23 heavy (non-hydrogen) atoms. The number of rotatable bonds is 4. The zero-order chi connectivity index (χ0) is 16.6. The summed E-state index contributed by atoms with van der Waals surface area (Å²) in [5.41, 5.74) is 6.24. The summed E-state index contributed by atoms with van der Waals surface area (Å²) in [6.45, 7) is 0. The van der Waals surface area contributed by atoms with Crippen molar-refractivity contribution in [3.63, 3.8) is 0 Å². The van der Waals surface area contributed by atoms with Crippen molar-refractivity contribution < 1.29 is 9.66 Å². The molecule has 0 saturated carbocycles. The van der Waals surface area contributed by atoms with Crippen molar-refractivity contribution in [1.82, 2.24) is 24.6 Å². The Bertz CT molecular complexity index is 911. The van der Waals surface area contributed by atoms with Crippen molar-refractivity contribution >= 4 is 29.2 Å². The van der Waals surface area contributed by atoms with Gasteiger partial charge in [0.2, 0.25) is 5.95 Å². The highest BCUT2D eigenvalue weighted by molar-refractivity contribution is 7.98. The van der Waals surface area contributed by atoms with Crippen LogP contribution in [0.5, 0.6) is 5.75 Å². The van der Waals surface area contributed by atoms with E-state index in [1.165, 1.54) is 41.6 Å². The van der Waals surface area contributed by atoms with Crippen LogP contribution in [0.1, 0.15) is 0 Å². The molecule has 0 saturated heterocycles. The lowest BCUT2D eigenvalue weighted by Crippen LogP contribution is -2.04. The molecule has 0 aliphatic carbocycles. The summed E-state index contributed by atoms with van der Waals surface area (Å²) in [7, 11) is 1.36. The summed E-state index contributed by atoms with van der Waals surface area (Å²) >= 11 is 1.34. The lowest BCUT2D eigenvalue weighted by atomic mass is 10.2. The van der Waals surface area contributed by atoms with Gasteiger partial charge < -0.3 is 10.5 Å². The number of nitrogens with zero attached hydrogens (tertiary/aromatic N) is 6. The van der Waals surface area contributed by atoms with Crippen LogP contribution in [0, 0.1) is 10.1 Å². The molecular formula is C12H11N7O3S. The van der Waals surface area contributed by atoms with Gasteiger partial charge in [-0.3, -0.25) is 10.1 Å². The molecule has 10 nitrogen and oxygen atoms in total. The predicted octanol–water partition coefficient (Wildman–Crippen LogP) is 1.41. The van der Waals surface area contributed by atoms with Gasteiger partial charge in [-0.05, 0) is 18.4 Å². The normalized spacial score (nSPS) is 10.9. The fourth-order valence-electron chi connectivity index (χ4n) is 1.97. The molecule has 0 bridgehead atoms. The van der Waals surface area contributed by atoms with Gasteiger partial charge in [0.05, 0.1) is 12.0 Å². The van der Waals surface area contributed by atoms with E-state index in [0.29, 0.717) is 22.3 Å². The minimum absolute atomic E-state index is 0.121. The highest BCUT2D eigenvalue weighted by Gasteiger charge is 2.18. The maximum atomic E-state index is 10.9. The van der Waals surface area contributed by atoms with Gasteiger partial charge in [-0.1, -0.05) is 11.8 Å². The first-order valence-electron chi connectivity index (χ1n) is 6.30. The zero-order valence-corrected chi connectivity index (χ0v) is 12.9. The first-order chi connectivity index (χ1) is 11.0. The molecule has 1 aromatic carbocycles. The van der Waals surface area contributed by atoms with Crippen LogP contribution in [0.4, 0.5) is 11.6 Å². The fourth-order valence-corrected chi connectivity index (χ4v) is 2.32. The fraction of sp³-hybridized carbons (Fsp3) is 0.167. The van der Waals surface area contributed by atoms with Gasteiger partial charge in [-0.25, -0.2) is 0 Å². The molecule has 0 aliphatic rings. The molecule has 3 aromatic rings. The summed E-state index contributed by atoms with van der Waals surface area (Å²) in [6.07, 6.45) is 1.82. The smallest absolute Gasteiger partial charge is 0.310 e. The van der Waals surface area contributed by atoms with Crippen molar-refractivity contribution in [3.05, 3.63) is 28.3 Å². The molecule has 118 valence electrons. The van der Waals surface area contributed by atoms with Gasteiger partial charge in [0, 0.05) is 11.6 Å². The van der Waals surface area contributed by atoms with Crippen LogP contribution in [0.3, 0.4) is 0 Å². The van der Waals surface area contributed by atoms with Crippen LogP contribution in [-0.2, 0) is 0 Å². The molecule has 0 fully saturated rings. The second kappa shape index (κ2) is 5.68. The van der Waals surface area contributed by atoms with Crippen LogP contribution in [0.15, 0.2) is 23.4 Å². The lowest BCUT2D eigenvalue weighted by Gasteiger charge is -2.02. The minimum atomic E-state index is -0.520. The summed E-state index contributed by atoms with van der Waals surface area (Å²) in [5.74, 6) is 0.897. The van der Waals surface area contributed by atoms with Gasteiger partial charge in [0.1, 0.15) is 0 Å². The molecule has 2 heterocycles. The van der Waals surface area contributed by atoms with Gasteiger partial charge >= 0.3 is 5.69 Å². The Kier molecular flexibility index (Phi) is 3.70. The molecule has 0 amide bonds. The Morgan fingerprint density at radius 2 is 2.13 bits per heavy atom. The molecule has 3 rings (SSSR count). The van der Waals surface area contributed by atoms with E-state index in [9.17, 15) is 10.1 Å². The van der Waals surface area contributed by atoms with E-state index in [2.05, 4.69) is 20.1 Å². The van der Waals surface area contributed by atoms with E-state index in [-0.39, 0.29) is 17.4 Å². The number of anilines is 1. The molecular weight excluding hydrogens is 322 g/mol. The zero-order valence-electron chi connectivity index (χ0n) is 12.1. The Morgan fingerprint density at radius 3 is 2.78 bits per heavy atom. The number of nitro benzene ring substituents is 1. The number of hydrogen-bond acceptors (Lipinski definition) is 9. The van der Waals surface area contributed by atoms with Crippen LogP contribution in [0.25, 0.3) is 17.2 Å². The summed E-state index contributed by atoms with van der Waals surface area (Å²) in [4.78, 5) is 23.0. The van der Waals surface area contributed by atoms with Crippen LogP contribution >= 0.6 is 11.8 Å². The van der Waals surface area contributed by atoms with Gasteiger partial charge in [0.15, 0.2) is 16.7 Å². The van der Waals surface area contributed by atoms with E-state index in [1.54, 1.807) is 0 Å². The Labute approximate surface area is 133 Å². The monoisotopic (exact) mass is 333 g/mol. The largest absolute Gasteiger partial charge is 0.490 e. The average molecular weight is 333 g/mol. The first kappa shape index (κ1) is 15.0. The molecule has 0 unspecified atom stereocenters. The molecule has 0 aliphatic heterocycles. The van der Waals surface area contributed by atoms with Crippen molar-refractivity contribution in [2.45, 2.75) is 5.16 Å². The SMILES string of the molecule is COc1cc(-c2nc3nc(SC)nc(N)n3n2)ccc1[N+](=O)[O-]. The van der Waals surface area contributed by atoms with E-state index >= 15 is 0 Å². The second-order valence-electron chi connectivity index (χ2n) is 4.36. The number of thioether (sulfide) groups is 1. The maximum absolute atomic E-state index is 10.9. The van der Waals surface area contributed by atoms with Crippen LogP contribution in [0.2, 0.25) is 0 Å². The van der Waals surface area contributed by atoms with Gasteiger partial charge in [-0.2, -0.15) is 19.5 Å². The van der Waals surface area contributed by atoms with Crippen molar-refractivity contribution in [1.29, 1.82) is 0 Å². The number of fused-ring (bicyclic) bond motifs is 1. The molecule has 0 atom stereocenters. The number of nitrogens with two attached hydrogens (primary N) is 1. The standard InChI is InChI=1S/C12H11N7O3S/c1-22-8-5-6(3-4-7(8)19(20)21)9-14-11-16-12(23-2)15-10(13)18(11)17-9/h3-5H,1-2H3,(H2,13,14,15,16,17). The Morgan fingerprint density at radius 1 is 1.35 bits per heavy atom. The Balaban J connectivity index is 2.13. The third-order valence-electron chi connectivity index (χ3n) is 3.03. The average Bonchev–Trinajstić information content (AvgIpc) is 2.98. The maximum Gasteiger partial charge on any atom is 0.310 e. The number of ether oxygens (including phenoxy) is 1. The number of nitro groups is 1. The van der Waals surface area contributed by atoms with Gasteiger partial charge in [0.25, 0.3) is 5.78 Å². The summed E-state index contributed by atoms with van der Waals surface area (Å²) in [5, 5.41) is 15.6. The quantitative estimate of drug-likeness (QED) is 0.427. The number of aromatic nitrogens is 5. The Hall–Kier alpha value is -2.95. The van der Waals surface area contributed by atoms with Crippen molar-refractivity contribution in [2.24, 2.45) is 0 Å². The number of hydrogen-bond donors (Lipinski definition) is 1. The van der Waals surface area contributed by atoms with Crippen molar-refractivity contribution in [3.8, 4) is 17.1 Å². The van der Waals surface area contributed by atoms with E-state index < -0.39 is 4.92 Å². The molecule has 11 heteroatoms. The van der Waals surface area contributed by atoms with E-state index in [1.807, 2.05) is 6.26 Å². The minimum Gasteiger partial charge on any atom is -0.490 e. The molecule has 0 radical (unpaired) electrons. The summed E-state index contributed by atoms with van der Waals surface area (Å²) < 4.78 is 6.35. The topological polar surface area (TPSA) is 134 Å². The predicted molar refractivity (Wildman–Crippen MR) is 83.4 cm³/mol. The van der Waals surface area contributed by atoms with Crippen molar-refractivity contribution in [2.75, 3.05) is 19.1 Å².